The highest BCUT2D eigenvalue weighted by atomic mass is 35.5. The first-order valence-electron chi connectivity index (χ1n) is 5.84. The molecule has 0 saturated carbocycles. The van der Waals surface area contributed by atoms with Gasteiger partial charge in [-0.15, -0.1) is 0 Å². The lowest BCUT2D eigenvalue weighted by Gasteiger charge is -2.11. The molecule has 0 N–H and O–H groups in total. The molecule has 0 amide bonds. The molecule has 7 heteroatoms. The van der Waals surface area contributed by atoms with Crippen molar-refractivity contribution >= 4 is 23.5 Å². The SMILES string of the molecule is O=[N+]([O-])c1cc(Cl)cc(C=NC[C@@H]2CCCO2)c1[O-]. The average Bonchev–Trinajstić information content (AvgIpc) is 2.86. The van der Waals surface area contributed by atoms with E-state index in [0.29, 0.717) is 6.54 Å². The zero-order valence-electron chi connectivity index (χ0n) is 10.0. The first-order chi connectivity index (χ1) is 9.08. The molecule has 2 rings (SSSR count). The first-order valence-corrected chi connectivity index (χ1v) is 6.22. The van der Waals surface area contributed by atoms with E-state index in [1.54, 1.807) is 0 Å². The average molecular weight is 284 g/mol. The Labute approximate surface area is 114 Å². The summed E-state index contributed by atoms with van der Waals surface area (Å²) in [6.45, 7) is 1.18. The van der Waals surface area contributed by atoms with Crippen LogP contribution >= 0.6 is 11.6 Å². The summed E-state index contributed by atoms with van der Waals surface area (Å²) >= 11 is 5.74. The van der Waals surface area contributed by atoms with Crippen LogP contribution in [0.2, 0.25) is 5.02 Å². The molecule has 0 unspecified atom stereocenters. The third kappa shape index (κ3) is 3.42. The van der Waals surface area contributed by atoms with E-state index in [-0.39, 0.29) is 16.7 Å². The predicted octanol–water partition coefficient (Wildman–Crippen LogP) is 1.92. The van der Waals surface area contributed by atoms with Gasteiger partial charge in [-0.2, -0.15) is 0 Å². The lowest BCUT2D eigenvalue weighted by molar-refractivity contribution is -0.398. The molecule has 0 radical (unpaired) electrons. The number of benzene rings is 1. The molecule has 1 aliphatic rings. The van der Waals surface area contributed by atoms with E-state index in [2.05, 4.69) is 4.99 Å². The van der Waals surface area contributed by atoms with Crippen LogP contribution in [-0.4, -0.2) is 30.4 Å². The van der Waals surface area contributed by atoms with Gasteiger partial charge < -0.3 is 9.84 Å². The molecule has 1 heterocycles. The molecule has 1 aromatic carbocycles. The molecular formula is C12H12ClN2O4-. The van der Waals surface area contributed by atoms with Crippen molar-refractivity contribution in [3.63, 3.8) is 0 Å². The number of nitro benzene ring substituents is 1. The van der Waals surface area contributed by atoms with Gasteiger partial charge >= 0.3 is 0 Å². The smallest absolute Gasteiger partial charge is 0.263 e. The molecule has 1 aromatic rings. The Morgan fingerprint density at radius 1 is 1.58 bits per heavy atom. The van der Waals surface area contributed by atoms with Gasteiger partial charge in [0.05, 0.1) is 17.6 Å². The van der Waals surface area contributed by atoms with Gasteiger partial charge in [0.25, 0.3) is 5.69 Å². The highest BCUT2D eigenvalue weighted by molar-refractivity contribution is 6.31. The molecule has 1 atom stereocenters. The zero-order chi connectivity index (χ0) is 13.8. The fourth-order valence-corrected chi connectivity index (χ4v) is 2.11. The van der Waals surface area contributed by atoms with E-state index >= 15 is 0 Å². The topological polar surface area (TPSA) is 87.8 Å². The van der Waals surface area contributed by atoms with Crippen LogP contribution in [0.3, 0.4) is 0 Å². The second-order valence-electron chi connectivity index (χ2n) is 4.23. The molecule has 1 fully saturated rings. The molecule has 0 spiro atoms. The summed E-state index contributed by atoms with van der Waals surface area (Å²) in [7, 11) is 0. The van der Waals surface area contributed by atoms with Gasteiger partial charge in [-0.3, -0.25) is 15.1 Å². The quantitative estimate of drug-likeness (QED) is 0.480. The zero-order valence-corrected chi connectivity index (χ0v) is 10.8. The van der Waals surface area contributed by atoms with Crippen LogP contribution < -0.4 is 5.11 Å². The minimum Gasteiger partial charge on any atom is -0.867 e. The maximum Gasteiger partial charge on any atom is 0.263 e. The van der Waals surface area contributed by atoms with Crippen molar-refractivity contribution in [3.8, 4) is 5.75 Å². The number of hydrogen-bond donors (Lipinski definition) is 0. The number of halogens is 1. The van der Waals surface area contributed by atoms with Gasteiger partial charge in [0.1, 0.15) is 0 Å². The third-order valence-corrected chi connectivity index (χ3v) is 3.04. The standard InChI is InChI=1S/C12H13ClN2O4/c13-9-4-8(12(16)11(5-9)15(17)18)6-14-7-10-2-1-3-19-10/h4-6,10,16H,1-3,7H2/p-1/t10-/m0/s1. The summed E-state index contributed by atoms with van der Waals surface area (Å²) in [5.74, 6) is -0.675. The van der Waals surface area contributed by atoms with Gasteiger partial charge in [-0.05, 0) is 30.2 Å². The molecule has 6 nitrogen and oxygen atoms in total. The molecular weight excluding hydrogens is 272 g/mol. The highest BCUT2D eigenvalue weighted by Crippen LogP contribution is 2.30. The van der Waals surface area contributed by atoms with Crippen molar-refractivity contribution in [1.82, 2.24) is 0 Å². The van der Waals surface area contributed by atoms with E-state index in [4.69, 9.17) is 16.3 Å². The highest BCUT2D eigenvalue weighted by Gasteiger charge is 2.14. The Balaban J connectivity index is 2.14. The Bertz CT molecular complexity index is 513. The molecule has 0 aromatic heterocycles. The van der Waals surface area contributed by atoms with Crippen LogP contribution in [0, 0.1) is 10.1 Å². The minimum atomic E-state index is -0.744. The van der Waals surface area contributed by atoms with Crippen LogP contribution in [0.15, 0.2) is 17.1 Å². The molecule has 1 aliphatic heterocycles. The number of rotatable bonds is 4. The molecule has 1 saturated heterocycles. The summed E-state index contributed by atoms with van der Waals surface area (Å²) in [4.78, 5) is 14.0. The van der Waals surface area contributed by atoms with Crippen molar-refractivity contribution in [2.24, 2.45) is 4.99 Å². The number of hydrogen-bond acceptors (Lipinski definition) is 5. The van der Waals surface area contributed by atoms with Crippen LogP contribution in [-0.2, 0) is 4.74 Å². The van der Waals surface area contributed by atoms with Crippen molar-refractivity contribution in [1.29, 1.82) is 0 Å². The molecule has 0 bridgehead atoms. The van der Waals surface area contributed by atoms with Crippen molar-refractivity contribution in [2.75, 3.05) is 13.2 Å². The van der Waals surface area contributed by atoms with Gasteiger partial charge in [0, 0.05) is 23.9 Å². The van der Waals surface area contributed by atoms with Gasteiger partial charge in [0.2, 0.25) is 0 Å². The Morgan fingerprint density at radius 2 is 2.37 bits per heavy atom. The summed E-state index contributed by atoms with van der Waals surface area (Å²) in [5.41, 5.74) is -0.414. The Hall–Kier alpha value is -1.66. The normalized spacial score (nSPS) is 19.1. The molecule has 0 aliphatic carbocycles. The van der Waals surface area contributed by atoms with Crippen molar-refractivity contribution in [2.45, 2.75) is 18.9 Å². The van der Waals surface area contributed by atoms with Gasteiger partial charge in [-0.1, -0.05) is 11.6 Å². The summed E-state index contributed by atoms with van der Waals surface area (Å²) < 4.78 is 5.38. The van der Waals surface area contributed by atoms with E-state index in [0.717, 1.165) is 25.5 Å². The van der Waals surface area contributed by atoms with E-state index in [1.807, 2.05) is 0 Å². The predicted molar refractivity (Wildman–Crippen MR) is 69.0 cm³/mol. The maximum absolute atomic E-state index is 11.8. The maximum atomic E-state index is 11.8. The van der Waals surface area contributed by atoms with E-state index in [9.17, 15) is 15.2 Å². The van der Waals surface area contributed by atoms with Crippen molar-refractivity contribution < 1.29 is 14.8 Å². The second kappa shape index (κ2) is 5.99. The summed E-state index contributed by atoms with van der Waals surface area (Å²) in [6, 6.07) is 2.41. The number of ether oxygens (including phenoxy) is 1. The summed E-state index contributed by atoms with van der Waals surface area (Å²) in [6.07, 6.45) is 3.34. The van der Waals surface area contributed by atoms with Crippen LogP contribution in [0.4, 0.5) is 5.69 Å². The van der Waals surface area contributed by atoms with E-state index < -0.39 is 16.4 Å². The fourth-order valence-electron chi connectivity index (χ4n) is 1.89. The summed E-state index contributed by atoms with van der Waals surface area (Å²) in [5, 5.41) is 22.6. The monoisotopic (exact) mass is 283 g/mol. The molecule has 102 valence electrons. The van der Waals surface area contributed by atoms with Crippen LogP contribution in [0.1, 0.15) is 18.4 Å². The van der Waals surface area contributed by atoms with E-state index in [1.165, 1.54) is 12.3 Å². The second-order valence-corrected chi connectivity index (χ2v) is 4.67. The lowest BCUT2D eigenvalue weighted by atomic mass is 10.2. The third-order valence-electron chi connectivity index (χ3n) is 2.82. The number of aliphatic imine (C=N–C) groups is 1. The van der Waals surface area contributed by atoms with Crippen molar-refractivity contribution in [3.05, 3.63) is 32.8 Å². The van der Waals surface area contributed by atoms with Crippen LogP contribution in [0.25, 0.3) is 0 Å². The largest absolute Gasteiger partial charge is 0.867 e. The number of nitrogens with zero attached hydrogens (tertiary/aromatic N) is 2. The first kappa shape index (κ1) is 13.8. The molecule has 19 heavy (non-hydrogen) atoms. The lowest BCUT2D eigenvalue weighted by Crippen LogP contribution is -2.09. The van der Waals surface area contributed by atoms with Crippen LogP contribution in [0.5, 0.6) is 5.75 Å². The fraction of sp³-hybridized carbons (Fsp3) is 0.417. The minimum absolute atomic E-state index is 0.0699. The Morgan fingerprint density at radius 3 is 3.00 bits per heavy atom. The van der Waals surface area contributed by atoms with Gasteiger partial charge in [-0.25, -0.2) is 0 Å². The Kier molecular flexibility index (Phi) is 4.34. The number of nitro groups is 1. The van der Waals surface area contributed by atoms with Gasteiger partial charge in [0.15, 0.2) is 0 Å².